The molecule has 3 N–H and O–H groups in total. The normalized spacial score (nSPS) is 16.9. The van der Waals surface area contributed by atoms with Gasteiger partial charge in [0, 0.05) is 19.5 Å². The van der Waals surface area contributed by atoms with Gasteiger partial charge in [-0.25, -0.2) is 4.98 Å². The van der Waals surface area contributed by atoms with Gasteiger partial charge >= 0.3 is 0 Å². The van der Waals surface area contributed by atoms with E-state index in [1.54, 1.807) is 11.9 Å². The average molecular weight is 237 g/mol. The number of amides is 1. The summed E-state index contributed by atoms with van der Waals surface area (Å²) >= 11 is 0. The highest BCUT2D eigenvalue weighted by atomic mass is 16.2. The predicted octanol–water partition coefficient (Wildman–Crippen LogP) is 0.199. The number of aryl methyl sites for hydroxylation is 1. The molecule has 94 valence electrons. The number of carbonyl (C=O) groups excluding carboxylic acids is 1. The zero-order valence-electron chi connectivity index (χ0n) is 10.3. The molecule has 0 saturated heterocycles. The minimum absolute atomic E-state index is 0.0128. The van der Waals surface area contributed by atoms with Gasteiger partial charge in [-0.3, -0.25) is 9.89 Å². The largest absolute Gasteiger partial charge is 0.338 e. The van der Waals surface area contributed by atoms with Gasteiger partial charge < -0.3 is 10.6 Å². The van der Waals surface area contributed by atoms with Crippen molar-refractivity contribution in [2.45, 2.75) is 38.8 Å². The summed E-state index contributed by atoms with van der Waals surface area (Å²) in [4.78, 5) is 17.7. The van der Waals surface area contributed by atoms with Crippen LogP contribution >= 0.6 is 0 Å². The van der Waals surface area contributed by atoms with Crippen molar-refractivity contribution in [3.63, 3.8) is 0 Å². The van der Waals surface area contributed by atoms with Crippen LogP contribution in [0, 0.1) is 12.8 Å². The lowest BCUT2D eigenvalue weighted by Gasteiger charge is -2.17. The average Bonchev–Trinajstić information content (AvgIpc) is 3.04. The number of aromatic nitrogens is 3. The summed E-state index contributed by atoms with van der Waals surface area (Å²) in [7, 11) is 1.76. The third kappa shape index (κ3) is 3.26. The van der Waals surface area contributed by atoms with Crippen molar-refractivity contribution in [1.82, 2.24) is 20.1 Å². The standard InChI is InChI=1S/C11H19N5O/c1-7-13-10(15-14-7)6-16(2)11(17)5-9(12)8-3-4-8/h8-9H,3-6,12H2,1-2H3,(H,13,14,15). The zero-order valence-corrected chi connectivity index (χ0v) is 10.3. The van der Waals surface area contributed by atoms with Crippen LogP contribution in [0.15, 0.2) is 0 Å². The smallest absolute Gasteiger partial charge is 0.224 e. The number of nitrogens with one attached hydrogen (secondary N) is 1. The Bertz CT molecular complexity index is 398. The Balaban J connectivity index is 1.82. The van der Waals surface area contributed by atoms with Crippen LogP contribution in [-0.4, -0.2) is 39.1 Å². The number of aromatic amines is 1. The van der Waals surface area contributed by atoms with Crippen LogP contribution in [0.5, 0.6) is 0 Å². The number of rotatable bonds is 5. The van der Waals surface area contributed by atoms with Crippen molar-refractivity contribution in [2.24, 2.45) is 11.7 Å². The highest BCUT2D eigenvalue weighted by Gasteiger charge is 2.30. The fourth-order valence-corrected chi connectivity index (χ4v) is 1.81. The summed E-state index contributed by atoms with van der Waals surface area (Å²) in [6.07, 6.45) is 2.75. The van der Waals surface area contributed by atoms with E-state index in [2.05, 4.69) is 15.2 Å². The summed E-state index contributed by atoms with van der Waals surface area (Å²) in [5.41, 5.74) is 5.93. The van der Waals surface area contributed by atoms with Gasteiger partial charge in [0.05, 0.1) is 6.54 Å². The Labute approximate surface area is 101 Å². The molecule has 0 aliphatic heterocycles. The minimum atomic E-state index is 0.0128. The first kappa shape index (κ1) is 12.0. The molecule has 1 amide bonds. The molecule has 2 rings (SSSR count). The molecule has 0 aromatic carbocycles. The van der Waals surface area contributed by atoms with E-state index in [1.165, 1.54) is 0 Å². The van der Waals surface area contributed by atoms with Crippen molar-refractivity contribution in [3.05, 3.63) is 11.6 Å². The minimum Gasteiger partial charge on any atom is -0.338 e. The second kappa shape index (κ2) is 4.83. The Morgan fingerprint density at radius 2 is 2.35 bits per heavy atom. The first-order valence-corrected chi connectivity index (χ1v) is 5.93. The molecule has 1 aromatic rings. The van der Waals surface area contributed by atoms with Gasteiger partial charge in [0.1, 0.15) is 5.82 Å². The second-order valence-corrected chi connectivity index (χ2v) is 4.79. The third-order valence-electron chi connectivity index (χ3n) is 3.09. The summed E-state index contributed by atoms with van der Waals surface area (Å²) in [5, 5.41) is 6.76. The van der Waals surface area contributed by atoms with Gasteiger partial charge in [0.2, 0.25) is 5.91 Å². The van der Waals surface area contributed by atoms with Gasteiger partial charge in [-0.2, -0.15) is 5.10 Å². The number of H-pyrrole nitrogens is 1. The van der Waals surface area contributed by atoms with Crippen LogP contribution in [0.3, 0.4) is 0 Å². The van der Waals surface area contributed by atoms with E-state index in [1.807, 2.05) is 6.92 Å². The van der Waals surface area contributed by atoms with Crippen molar-refractivity contribution >= 4 is 5.91 Å². The fourth-order valence-electron chi connectivity index (χ4n) is 1.81. The Hall–Kier alpha value is -1.43. The summed E-state index contributed by atoms with van der Waals surface area (Å²) in [5.74, 6) is 2.01. The molecule has 0 spiro atoms. The molecule has 6 heteroatoms. The fraction of sp³-hybridized carbons (Fsp3) is 0.727. The molecule has 1 fully saturated rings. The van der Waals surface area contributed by atoms with Gasteiger partial charge in [-0.1, -0.05) is 0 Å². The molecule has 6 nitrogen and oxygen atoms in total. The van der Waals surface area contributed by atoms with Crippen molar-refractivity contribution in [3.8, 4) is 0 Å². The van der Waals surface area contributed by atoms with Gasteiger partial charge in [0.25, 0.3) is 0 Å². The van der Waals surface area contributed by atoms with Crippen LogP contribution in [0.1, 0.15) is 30.9 Å². The monoisotopic (exact) mass is 237 g/mol. The first-order valence-electron chi connectivity index (χ1n) is 5.93. The maximum Gasteiger partial charge on any atom is 0.224 e. The van der Waals surface area contributed by atoms with Gasteiger partial charge in [0.15, 0.2) is 5.82 Å². The summed E-state index contributed by atoms with van der Waals surface area (Å²) < 4.78 is 0. The predicted molar refractivity (Wildman–Crippen MR) is 62.9 cm³/mol. The summed E-state index contributed by atoms with van der Waals surface area (Å²) in [6, 6.07) is 0.0128. The molecule has 1 aliphatic rings. The lowest BCUT2D eigenvalue weighted by molar-refractivity contribution is -0.131. The Morgan fingerprint density at radius 3 is 2.88 bits per heavy atom. The topological polar surface area (TPSA) is 87.9 Å². The SMILES string of the molecule is Cc1nc(CN(C)C(=O)CC(N)C2CC2)n[nH]1. The zero-order chi connectivity index (χ0) is 12.4. The van der Waals surface area contributed by atoms with E-state index in [9.17, 15) is 4.79 Å². The van der Waals surface area contributed by atoms with Crippen LogP contribution in [0.4, 0.5) is 0 Å². The molecule has 1 aliphatic carbocycles. The van der Waals surface area contributed by atoms with E-state index in [-0.39, 0.29) is 11.9 Å². The molecular formula is C11H19N5O. The van der Waals surface area contributed by atoms with E-state index in [0.717, 1.165) is 18.7 Å². The summed E-state index contributed by atoms with van der Waals surface area (Å²) in [6.45, 7) is 2.27. The number of nitrogens with two attached hydrogens (primary N) is 1. The van der Waals surface area contributed by atoms with E-state index in [4.69, 9.17) is 5.73 Å². The van der Waals surface area contributed by atoms with Gasteiger partial charge in [-0.05, 0) is 25.7 Å². The van der Waals surface area contributed by atoms with Crippen molar-refractivity contribution in [2.75, 3.05) is 7.05 Å². The Morgan fingerprint density at radius 1 is 1.65 bits per heavy atom. The second-order valence-electron chi connectivity index (χ2n) is 4.79. The highest BCUT2D eigenvalue weighted by Crippen LogP contribution is 2.32. The molecule has 0 bridgehead atoms. The number of carbonyl (C=O) groups is 1. The molecule has 1 heterocycles. The van der Waals surface area contributed by atoms with Crippen LogP contribution in [0.25, 0.3) is 0 Å². The van der Waals surface area contributed by atoms with E-state index in [0.29, 0.717) is 24.7 Å². The maximum atomic E-state index is 11.9. The number of hydrogen-bond donors (Lipinski definition) is 2. The lowest BCUT2D eigenvalue weighted by atomic mass is 10.1. The molecule has 1 atom stereocenters. The van der Waals surface area contributed by atoms with Crippen LogP contribution in [0.2, 0.25) is 0 Å². The molecule has 1 saturated carbocycles. The lowest BCUT2D eigenvalue weighted by Crippen LogP contribution is -2.34. The third-order valence-corrected chi connectivity index (χ3v) is 3.09. The number of nitrogens with zero attached hydrogens (tertiary/aromatic N) is 3. The van der Waals surface area contributed by atoms with Gasteiger partial charge in [-0.15, -0.1) is 0 Å². The Kier molecular flexibility index (Phi) is 3.42. The van der Waals surface area contributed by atoms with Crippen molar-refractivity contribution < 1.29 is 4.79 Å². The molecule has 17 heavy (non-hydrogen) atoms. The highest BCUT2D eigenvalue weighted by molar-refractivity contribution is 5.76. The van der Waals surface area contributed by atoms with Crippen LogP contribution < -0.4 is 5.73 Å². The maximum absolute atomic E-state index is 11.9. The first-order chi connectivity index (χ1) is 8.06. The molecular weight excluding hydrogens is 218 g/mol. The van der Waals surface area contributed by atoms with E-state index >= 15 is 0 Å². The molecule has 1 aromatic heterocycles. The number of hydrogen-bond acceptors (Lipinski definition) is 4. The van der Waals surface area contributed by atoms with E-state index < -0.39 is 0 Å². The van der Waals surface area contributed by atoms with Crippen molar-refractivity contribution in [1.29, 1.82) is 0 Å². The quantitative estimate of drug-likeness (QED) is 0.765. The molecule has 0 radical (unpaired) electrons. The molecule has 1 unspecified atom stereocenters. The van der Waals surface area contributed by atoms with Crippen LogP contribution in [-0.2, 0) is 11.3 Å².